The van der Waals surface area contributed by atoms with E-state index in [2.05, 4.69) is 15.1 Å². The molecule has 0 aliphatic carbocycles. The van der Waals surface area contributed by atoms with Gasteiger partial charge < -0.3 is 9.26 Å². The number of hydrogen-bond donors (Lipinski definition) is 0. The summed E-state index contributed by atoms with van der Waals surface area (Å²) in [7, 11) is 1.64. The molecule has 0 aliphatic heterocycles. The van der Waals surface area contributed by atoms with Crippen molar-refractivity contribution in [3.8, 4) is 17.1 Å². The number of aromatic nitrogens is 3. The second-order valence-electron chi connectivity index (χ2n) is 4.17. The van der Waals surface area contributed by atoms with Crippen molar-refractivity contribution < 1.29 is 9.26 Å². The first-order chi connectivity index (χ1) is 9.85. The average molecular weight is 287 g/mol. The van der Waals surface area contributed by atoms with Gasteiger partial charge in [-0.15, -0.1) is 11.3 Å². The minimum Gasteiger partial charge on any atom is -0.497 e. The highest BCUT2D eigenvalue weighted by atomic mass is 32.1. The maximum absolute atomic E-state index is 5.26. The molecule has 102 valence electrons. The predicted molar refractivity (Wildman–Crippen MR) is 75.8 cm³/mol. The van der Waals surface area contributed by atoms with Gasteiger partial charge in [0.05, 0.1) is 12.1 Å². The SMILES string of the molecule is COc1ccc(-c2noc(CCc3nccs3)n2)cc1. The van der Waals surface area contributed by atoms with E-state index in [0.29, 0.717) is 18.1 Å². The molecule has 0 aliphatic rings. The van der Waals surface area contributed by atoms with Gasteiger partial charge in [-0.3, -0.25) is 0 Å². The molecule has 0 unspecified atom stereocenters. The third-order valence-electron chi connectivity index (χ3n) is 2.85. The fourth-order valence-corrected chi connectivity index (χ4v) is 2.42. The summed E-state index contributed by atoms with van der Waals surface area (Å²) in [5.74, 6) is 2.04. The second kappa shape index (κ2) is 5.83. The lowest BCUT2D eigenvalue weighted by molar-refractivity contribution is 0.379. The van der Waals surface area contributed by atoms with Crippen LogP contribution in [0.25, 0.3) is 11.4 Å². The number of nitrogens with zero attached hydrogens (tertiary/aromatic N) is 3. The van der Waals surface area contributed by atoms with Gasteiger partial charge in [0, 0.05) is 30.0 Å². The van der Waals surface area contributed by atoms with Crippen LogP contribution in [0, 0.1) is 0 Å². The molecule has 0 N–H and O–H groups in total. The molecule has 1 aromatic carbocycles. The summed E-state index contributed by atoms with van der Waals surface area (Å²) < 4.78 is 10.4. The van der Waals surface area contributed by atoms with E-state index < -0.39 is 0 Å². The van der Waals surface area contributed by atoms with Gasteiger partial charge in [0.2, 0.25) is 11.7 Å². The Kier molecular flexibility index (Phi) is 3.73. The number of aryl methyl sites for hydroxylation is 2. The van der Waals surface area contributed by atoms with Crippen molar-refractivity contribution in [1.82, 2.24) is 15.1 Å². The molecule has 0 amide bonds. The monoisotopic (exact) mass is 287 g/mol. The highest BCUT2D eigenvalue weighted by Gasteiger charge is 2.09. The topological polar surface area (TPSA) is 61.0 Å². The first kappa shape index (κ1) is 12.8. The molecule has 2 aromatic heterocycles. The number of rotatable bonds is 5. The lowest BCUT2D eigenvalue weighted by atomic mass is 10.2. The highest BCUT2D eigenvalue weighted by Crippen LogP contribution is 2.20. The van der Waals surface area contributed by atoms with Crippen LogP contribution in [0.3, 0.4) is 0 Å². The molecule has 0 saturated heterocycles. The van der Waals surface area contributed by atoms with Gasteiger partial charge in [-0.1, -0.05) is 5.16 Å². The summed E-state index contributed by atoms with van der Waals surface area (Å²) >= 11 is 1.63. The first-order valence-corrected chi connectivity index (χ1v) is 7.08. The van der Waals surface area contributed by atoms with Crippen LogP contribution in [-0.4, -0.2) is 22.2 Å². The first-order valence-electron chi connectivity index (χ1n) is 6.20. The van der Waals surface area contributed by atoms with Crippen molar-refractivity contribution in [2.24, 2.45) is 0 Å². The molecule has 6 heteroatoms. The molecule has 0 spiro atoms. The van der Waals surface area contributed by atoms with Crippen LogP contribution in [-0.2, 0) is 12.8 Å². The molecule has 0 saturated carbocycles. The van der Waals surface area contributed by atoms with Crippen LogP contribution in [0.5, 0.6) is 5.75 Å². The lowest BCUT2D eigenvalue weighted by Gasteiger charge is -1.98. The number of benzene rings is 1. The van der Waals surface area contributed by atoms with Crippen molar-refractivity contribution in [3.63, 3.8) is 0 Å². The Hall–Kier alpha value is -2.21. The zero-order chi connectivity index (χ0) is 13.8. The van der Waals surface area contributed by atoms with Gasteiger partial charge in [0.15, 0.2) is 0 Å². The Bertz CT molecular complexity index is 662. The number of thiazole rings is 1. The van der Waals surface area contributed by atoms with E-state index in [-0.39, 0.29) is 0 Å². The summed E-state index contributed by atoms with van der Waals surface area (Å²) in [6, 6.07) is 7.57. The molecule has 5 nitrogen and oxygen atoms in total. The third kappa shape index (κ3) is 2.85. The molecular formula is C14H13N3O2S. The molecule has 2 heterocycles. The van der Waals surface area contributed by atoms with Crippen LogP contribution >= 0.6 is 11.3 Å². The summed E-state index contributed by atoms with van der Waals surface area (Å²) in [5.41, 5.74) is 0.912. The van der Waals surface area contributed by atoms with Crippen LogP contribution in [0.1, 0.15) is 10.9 Å². The van der Waals surface area contributed by atoms with Crippen molar-refractivity contribution in [2.45, 2.75) is 12.8 Å². The highest BCUT2D eigenvalue weighted by molar-refractivity contribution is 7.09. The maximum atomic E-state index is 5.26. The molecule has 3 aromatic rings. The predicted octanol–water partition coefficient (Wildman–Crippen LogP) is 2.99. The fraction of sp³-hybridized carbons (Fsp3) is 0.214. The van der Waals surface area contributed by atoms with Crippen molar-refractivity contribution in [2.75, 3.05) is 7.11 Å². The van der Waals surface area contributed by atoms with Gasteiger partial charge >= 0.3 is 0 Å². The Morgan fingerprint density at radius 2 is 2.05 bits per heavy atom. The van der Waals surface area contributed by atoms with Crippen molar-refractivity contribution in [1.29, 1.82) is 0 Å². The van der Waals surface area contributed by atoms with E-state index in [1.807, 2.05) is 29.6 Å². The van der Waals surface area contributed by atoms with Crippen LogP contribution in [0.2, 0.25) is 0 Å². The third-order valence-corrected chi connectivity index (χ3v) is 3.69. The van der Waals surface area contributed by atoms with Crippen molar-refractivity contribution >= 4 is 11.3 Å². The van der Waals surface area contributed by atoms with Gasteiger partial charge in [0.1, 0.15) is 5.75 Å². The number of ether oxygens (including phenoxy) is 1. The molecule has 0 atom stereocenters. The Morgan fingerprint density at radius 3 is 2.75 bits per heavy atom. The zero-order valence-corrected chi connectivity index (χ0v) is 11.8. The normalized spacial score (nSPS) is 10.7. The molecule has 0 fully saturated rings. The van der Waals surface area contributed by atoms with Gasteiger partial charge in [0.25, 0.3) is 0 Å². The Balaban J connectivity index is 1.69. The van der Waals surface area contributed by atoms with Crippen LogP contribution < -0.4 is 4.74 Å². The van der Waals surface area contributed by atoms with Crippen molar-refractivity contribution in [3.05, 3.63) is 46.7 Å². The Morgan fingerprint density at radius 1 is 1.20 bits per heavy atom. The minimum absolute atomic E-state index is 0.599. The lowest BCUT2D eigenvalue weighted by Crippen LogP contribution is -1.90. The van der Waals surface area contributed by atoms with Gasteiger partial charge in [-0.25, -0.2) is 4.98 Å². The van der Waals surface area contributed by atoms with Gasteiger partial charge in [-0.2, -0.15) is 4.98 Å². The quantitative estimate of drug-likeness (QED) is 0.722. The average Bonchev–Trinajstić information content (AvgIpc) is 3.17. The van der Waals surface area contributed by atoms with E-state index in [1.54, 1.807) is 24.6 Å². The summed E-state index contributed by atoms with van der Waals surface area (Å²) in [5, 5.41) is 7.04. The standard InChI is InChI=1S/C14H13N3O2S/c1-18-11-4-2-10(3-5-11)14-16-12(19-17-14)6-7-13-15-8-9-20-13/h2-5,8-9H,6-7H2,1H3. The maximum Gasteiger partial charge on any atom is 0.227 e. The zero-order valence-electron chi connectivity index (χ0n) is 10.9. The van der Waals surface area contributed by atoms with E-state index in [9.17, 15) is 0 Å². The van der Waals surface area contributed by atoms with Crippen LogP contribution in [0.4, 0.5) is 0 Å². The summed E-state index contributed by atoms with van der Waals surface area (Å²) in [6.45, 7) is 0. The largest absolute Gasteiger partial charge is 0.497 e. The molecule has 0 radical (unpaired) electrons. The van der Waals surface area contributed by atoms with Crippen LogP contribution in [0.15, 0.2) is 40.4 Å². The molecule has 20 heavy (non-hydrogen) atoms. The second-order valence-corrected chi connectivity index (χ2v) is 5.15. The smallest absolute Gasteiger partial charge is 0.227 e. The van der Waals surface area contributed by atoms with E-state index in [0.717, 1.165) is 22.7 Å². The Labute approximate surface area is 120 Å². The fourth-order valence-electron chi connectivity index (χ4n) is 1.80. The van der Waals surface area contributed by atoms with Gasteiger partial charge in [-0.05, 0) is 24.3 Å². The molecule has 3 rings (SSSR count). The van der Waals surface area contributed by atoms with E-state index >= 15 is 0 Å². The molecular weight excluding hydrogens is 274 g/mol. The number of methoxy groups -OCH3 is 1. The summed E-state index contributed by atoms with van der Waals surface area (Å²) in [6.07, 6.45) is 3.33. The van der Waals surface area contributed by atoms with E-state index in [1.165, 1.54) is 0 Å². The minimum atomic E-state index is 0.599. The number of hydrogen-bond acceptors (Lipinski definition) is 6. The van der Waals surface area contributed by atoms with E-state index in [4.69, 9.17) is 9.26 Å². The molecule has 0 bridgehead atoms. The summed E-state index contributed by atoms with van der Waals surface area (Å²) in [4.78, 5) is 8.62.